The van der Waals surface area contributed by atoms with E-state index in [4.69, 9.17) is 5.73 Å². The summed E-state index contributed by atoms with van der Waals surface area (Å²) in [7, 11) is 0. The Morgan fingerprint density at radius 3 is 1.72 bits per heavy atom. The molecular formula is C35H27N. The topological polar surface area (TPSA) is 26.0 Å². The van der Waals surface area contributed by atoms with Gasteiger partial charge in [-0.05, 0) is 90.3 Å². The van der Waals surface area contributed by atoms with Crippen LogP contribution in [0.5, 0.6) is 0 Å². The zero-order valence-electron chi connectivity index (χ0n) is 20.5. The van der Waals surface area contributed by atoms with Crippen molar-refractivity contribution in [1.82, 2.24) is 0 Å². The Morgan fingerprint density at radius 1 is 0.472 bits per heavy atom. The average Bonchev–Trinajstić information content (AvgIpc) is 3.14. The van der Waals surface area contributed by atoms with Gasteiger partial charge in [-0.2, -0.15) is 0 Å². The molecule has 1 nitrogen and oxygen atoms in total. The van der Waals surface area contributed by atoms with Crippen LogP contribution in [0.4, 0.5) is 5.69 Å². The molecule has 36 heavy (non-hydrogen) atoms. The molecule has 0 bridgehead atoms. The van der Waals surface area contributed by atoms with Crippen LogP contribution in [0.1, 0.15) is 25.0 Å². The quantitative estimate of drug-likeness (QED) is 0.202. The molecule has 0 amide bonds. The standard InChI is InChI=1S/C35H27N/c1-35(2)31-16-10-9-15-26(31)28-20-30-27(21-32(28)35)25-18-17-24(36)19-29(25)33(22-11-5-3-6-12-22)34(30)23-13-7-4-8-14-23/h3-21H,36H2,1-2H3. The van der Waals surface area contributed by atoms with Gasteiger partial charge in [0, 0.05) is 11.1 Å². The molecule has 6 aromatic carbocycles. The largest absolute Gasteiger partial charge is 0.399 e. The first-order valence-corrected chi connectivity index (χ1v) is 12.6. The number of nitrogens with two attached hydrogens (primary N) is 1. The summed E-state index contributed by atoms with van der Waals surface area (Å²) in [6.45, 7) is 4.69. The third-order valence-corrected chi connectivity index (χ3v) is 7.97. The van der Waals surface area contributed by atoms with Crippen LogP contribution in [-0.2, 0) is 5.41 Å². The van der Waals surface area contributed by atoms with Crippen molar-refractivity contribution in [3.63, 3.8) is 0 Å². The predicted octanol–water partition coefficient (Wildman–Crippen LogP) is 9.22. The van der Waals surface area contributed by atoms with E-state index in [0.717, 1.165) is 5.69 Å². The van der Waals surface area contributed by atoms with Gasteiger partial charge in [0.2, 0.25) is 0 Å². The van der Waals surface area contributed by atoms with Crippen LogP contribution in [-0.4, -0.2) is 0 Å². The molecule has 7 rings (SSSR count). The molecule has 0 radical (unpaired) electrons. The lowest BCUT2D eigenvalue weighted by Crippen LogP contribution is -2.14. The summed E-state index contributed by atoms with van der Waals surface area (Å²) in [6.07, 6.45) is 0. The lowest BCUT2D eigenvalue weighted by atomic mass is 9.79. The Bertz CT molecular complexity index is 1790. The lowest BCUT2D eigenvalue weighted by Gasteiger charge is -2.23. The molecule has 172 valence electrons. The van der Waals surface area contributed by atoms with Gasteiger partial charge in [-0.3, -0.25) is 0 Å². The maximum absolute atomic E-state index is 6.39. The number of rotatable bonds is 2. The highest BCUT2D eigenvalue weighted by molar-refractivity contribution is 6.23. The zero-order valence-corrected chi connectivity index (χ0v) is 20.5. The van der Waals surface area contributed by atoms with Gasteiger partial charge in [0.05, 0.1) is 0 Å². The Hall–Kier alpha value is -4.36. The van der Waals surface area contributed by atoms with Crippen molar-refractivity contribution in [3.8, 4) is 33.4 Å². The molecular weight excluding hydrogens is 434 g/mol. The maximum atomic E-state index is 6.39. The van der Waals surface area contributed by atoms with E-state index in [1.54, 1.807) is 0 Å². The summed E-state index contributed by atoms with van der Waals surface area (Å²) in [5.41, 5.74) is 17.5. The molecule has 0 aliphatic heterocycles. The van der Waals surface area contributed by atoms with Gasteiger partial charge in [0.25, 0.3) is 0 Å². The molecule has 0 aromatic heterocycles. The summed E-state index contributed by atoms with van der Waals surface area (Å²) in [6, 6.07) is 41.7. The molecule has 1 heteroatoms. The van der Waals surface area contributed by atoms with E-state index in [-0.39, 0.29) is 5.41 Å². The molecule has 1 aliphatic rings. The number of fused-ring (bicyclic) bond motifs is 6. The summed E-state index contributed by atoms with van der Waals surface area (Å²) in [4.78, 5) is 0. The number of anilines is 1. The lowest BCUT2D eigenvalue weighted by molar-refractivity contribution is 0.661. The smallest absolute Gasteiger partial charge is 0.0320 e. The first-order valence-electron chi connectivity index (χ1n) is 12.6. The van der Waals surface area contributed by atoms with Crippen LogP contribution >= 0.6 is 0 Å². The predicted molar refractivity (Wildman–Crippen MR) is 154 cm³/mol. The molecule has 0 spiro atoms. The van der Waals surface area contributed by atoms with Crippen molar-refractivity contribution in [2.24, 2.45) is 0 Å². The summed E-state index contributed by atoms with van der Waals surface area (Å²) in [5, 5.41) is 5.00. The Morgan fingerprint density at radius 2 is 1.06 bits per heavy atom. The molecule has 0 atom stereocenters. The average molecular weight is 462 g/mol. The molecule has 0 fully saturated rings. The zero-order chi connectivity index (χ0) is 24.4. The van der Waals surface area contributed by atoms with E-state index >= 15 is 0 Å². The minimum absolute atomic E-state index is 0.0503. The number of nitrogen functional groups attached to an aromatic ring is 1. The minimum Gasteiger partial charge on any atom is -0.399 e. The van der Waals surface area contributed by atoms with E-state index in [1.165, 1.54) is 66.1 Å². The van der Waals surface area contributed by atoms with E-state index in [0.29, 0.717) is 0 Å². The van der Waals surface area contributed by atoms with Gasteiger partial charge in [0.1, 0.15) is 0 Å². The van der Waals surface area contributed by atoms with Gasteiger partial charge in [-0.25, -0.2) is 0 Å². The Balaban J connectivity index is 1.73. The normalized spacial score (nSPS) is 13.6. The van der Waals surface area contributed by atoms with Crippen molar-refractivity contribution in [2.45, 2.75) is 19.3 Å². The molecule has 0 unspecified atom stereocenters. The molecule has 6 aromatic rings. The van der Waals surface area contributed by atoms with Crippen LogP contribution in [0.2, 0.25) is 0 Å². The fourth-order valence-electron chi connectivity index (χ4n) is 6.26. The SMILES string of the molecule is CC1(C)c2ccccc2-c2cc3c(-c4ccccc4)c(-c4ccccc4)c4cc(N)ccc4c3cc21. The highest BCUT2D eigenvalue weighted by atomic mass is 14.5. The first kappa shape index (κ1) is 21.0. The van der Waals surface area contributed by atoms with Crippen molar-refractivity contribution >= 4 is 27.2 Å². The van der Waals surface area contributed by atoms with E-state index in [2.05, 4.69) is 123 Å². The third-order valence-electron chi connectivity index (χ3n) is 7.97. The minimum atomic E-state index is -0.0503. The summed E-state index contributed by atoms with van der Waals surface area (Å²) < 4.78 is 0. The fraction of sp³-hybridized carbons (Fsp3) is 0.0857. The number of hydrogen-bond acceptors (Lipinski definition) is 1. The van der Waals surface area contributed by atoms with Gasteiger partial charge in [-0.15, -0.1) is 0 Å². The van der Waals surface area contributed by atoms with E-state index < -0.39 is 0 Å². The van der Waals surface area contributed by atoms with Gasteiger partial charge in [0.15, 0.2) is 0 Å². The monoisotopic (exact) mass is 461 g/mol. The van der Waals surface area contributed by atoms with Crippen LogP contribution in [0, 0.1) is 0 Å². The van der Waals surface area contributed by atoms with E-state index in [1.807, 2.05) is 6.07 Å². The van der Waals surface area contributed by atoms with Crippen molar-refractivity contribution in [3.05, 3.63) is 126 Å². The third kappa shape index (κ3) is 2.90. The molecule has 1 aliphatic carbocycles. The second-order valence-corrected chi connectivity index (χ2v) is 10.4. The molecule has 0 saturated carbocycles. The van der Waals surface area contributed by atoms with Gasteiger partial charge in [-0.1, -0.05) is 105 Å². The molecule has 0 heterocycles. The first-order chi connectivity index (χ1) is 17.5. The summed E-state index contributed by atoms with van der Waals surface area (Å²) in [5.74, 6) is 0. The van der Waals surface area contributed by atoms with Gasteiger partial charge >= 0.3 is 0 Å². The molecule has 0 saturated heterocycles. The second kappa shape index (κ2) is 7.57. The van der Waals surface area contributed by atoms with Crippen molar-refractivity contribution in [1.29, 1.82) is 0 Å². The second-order valence-electron chi connectivity index (χ2n) is 10.4. The van der Waals surface area contributed by atoms with Crippen molar-refractivity contribution < 1.29 is 0 Å². The Labute approximate surface area is 211 Å². The van der Waals surface area contributed by atoms with Crippen LogP contribution < -0.4 is 5.73 Å². The van der Waals surface area contributed by atoms with Crippen LogP contribution in [0.25, 0.3) is 54.9 Å². The maximum Gasteiger partial charge on any atom is 0.0320 e. The number of hydrogen-bond donors (Lipinski definition) is 1. The number of benzene rings is 6. The summed E-state index contributed by atoms with van der Waals surface area (Å²) >= 11 is 0. The van der Waals surface area contributed by atoms with Crippen LogP contribution in [0.15, 0.2) is 115 Å². The Kier molecular flexibility index (Phi) is 4.41. The highest BCUT2D eigenvalue weighted by Gasteiger charge is 2.36. The van der Waals surface area contributed by atoms with E-state index in [9.17, 15) is 0 Å². The van der Waals surface area contributed by atoms with Crippen LogP contribution in [0.3, 0.4) is 0 Å². The molecule has 2 N–H and O–H groups in total. The van der Waals surface area contributed by atoms with Crippen molar-refractivity contribution in [2.75, 3.05) is 5.73 Å². The highest BCUT2D eigenvalue weighted by Crippen LogP contribution is 2.53. The van der Waals surface area contributed by atoms with Gasteiger partial charge < -0.3 is 5.73 Å². The fourth-order valence-corrected chi connectivity index (χ4v) is 6.26.